The molecule has 0 aromatic carbocycles. The summed E-state index contributed by atoms with van der Waals surface area (Å²) < 4.78 is 34.1. The van der Waals surface area contributed by atoms with Gasteiger partial charge in [0.15, 0.2) is 0 Å². The smallest absolute Gasteiger partial charge is 0.759 e. The summed E-state index contributed by atoms with van der Waals surface area (Å²) in [4.78, 5) is 0. The van der Waals surface area contributed by atoms with Gasteiger partial charge in [0.2, 0.25) is 0 Å². The van der Waals surface area contributed by atoms with Crippen LogP contribution in [0.4, 0.5) is 0 Å². The molecule has 0 aliphatic rings. The molecule has 0 rings (SSSR count). The van der Waals surface area contributed by atoms with Crippen molar-refractivity contribution in [2.75, 3.05) is 0 Å². The Kier molecular flexibility index (Phi) is 4.45. The van der Waals surface area contributed by atoms with Crippen LogP contribution in [0.15, 0.2) is 0 Å². The molecule has 0 fully saturated rings. The zero-order chi connectivity index (χ0) is 4.50. The van der Waals surface area contributed by atoms with Crippen molar-refractivity contribution in [2.45, 2.75) is 0 Å². The summed E-state index contributed by atoms with van der Waals surface area (Å²) in [6.45, 7) is 0. The molecule has 0 aromatic rings. The molecule has 0 atom stereocenters. The minimum atomic E-state index is -5.17. The van der Waals surface area contributed by atoms with Gasteiger partial charge in [-0.05, 0) is 0 Å². The van der Waals surface area contributed by atoms with E-state index < -0.39 is 10.4 Å². The van der Waals surface area contributed by atoms with Crippen LogP contribution in [0.3, 0.4) is 0 Å². The molecule has 0 saturated carbocycles. The second-order valence-corrected chi connectivity index (χ2v) is 1.22. The molecular formula is AuO4S. The summed E-state index contributed by atoms with van der Waals surface area (Å²) in [5, 5.41) is 0. The van der Waals surface area contributed by atoms with Crippen molar-refractivity contribution >= 4 is 10.4 Å². The Balaban J connectivity index is 0. The molecule has 0 unspecified atom stereocenters. The van der Waals surface area contributed by atoms with Gasteiger partial charge in [-0.15, -0.1) is 0 Å². The molecule has 0 spiro atoms. The quantitative estimate of drug-likeness (QED) is 0.314. The molecule has 0 N–H and O–H groups in total. The fourth-order valence-corrected chi connectivity index (χ4v) is 0. The first kappa shape index (κ1) is 9.79. The molecule has 6 heavy (non-hydrogen) atoms. The van der Waals surface area contributed by atoms with E-state index >= 15 is 0 Å². The molecule has 41 valence electrons. The summed E-state index contributed by atoms with van der Waals surface area (Å²) in [5.41, 5.74) is 0. The Morgan fingerprint density at radius 1 is 1.17 bits per heavy atom. The second kappa shape index (κ2) is 2.73. The number of rotatable bonds is 0. The van der Waals surface area contributed by atoms with Crippen LogP contribution in [0, 0.1) is 0 Å². The molecule has 4 nitrogen and oxygen atoms in total. The maximum atomic E-state index is 8.52. The zero-order valence-electron chi connectivity index (χ0n) is 2.34. The normalized spacial score (nSPS) is 9.67. The van der Waals surface area contributed by atoms with Crippen molar-refractivity contribution in [3.05, 3.63) is 0 Å². The fraction of sp³-hybridized carbons (Fsp3) is 0. The Labute approximate surface area is 50.6 Å². The second-order valence-electron chi connectivity index (χ2n) is 0.408. The van der Waals surface area contributed by atoms with E-state index in [0.29, 0.717) is 0 Å². The third-order valence-electron chi connectivity index (χ3n) is 0. The predicted octanol–water partition coefficient (Wildman–Crippen LogP) is -1.34. The van der Waals surface area contributed by atoms with Crippen LogP contribution in [0.1, 0.15) is 0 Å². The Morgan fingerprint density at radius 2 is 1.17 bits per heavy atom. The standard InChI is InChI=1S/Au.H2O4S/c;1-5(2,3)4/h;(H2,1,2,3,4)/q+2;/p-2. The number of hydrogen-bond donors (Lipinski definition) is 0. The van der Waals surface area contributed by atoms with Gasteiger partial charge in [0.05, 0.1) is 0 Å². The monoisotopic (exact) mass is 293 g/mol. The first-order valence-corrected chi connectivity index (χ1v) is 2.00. The topological polar surface area (TPSA) is 80.3 Å². The van der Waals surface area contributed by atoms with Crippen molar-refractivity contribution in [1.82, 2.24) is 0 Å². The minimum Gasteiger partial charge on any atom is -0.759 e. The first-order valence-electron chi connectivity index (χ1n) is 0.667. The van der Waals surface area contributed by atoms with E-state index in [1.165, 1.54) is 0 Å². The van der Waals surface area contributed by atoms with Crippen molar-refractivity contribution in [2.24, 2.45) is 0 Å². The van der Waals surface area contributed by atoms with Crippen LogP contribution in [-0.4, -0.2) is 17.5 Å². The molecular weight excluding hydrogens is 293 g/mol. The molecule has 0 amide bonds. The van der Waals surface area contributed by atoms with E-state index in [9.17, 15) is 0 Å². The molecule has 0 aliphatic carbocycles. The van der Waals surface area contributed by atoms with Crippen molar-refractivity contribution in [1.29, 1.82) is 0 Å². The first-order chi connectivity index (χ1) is 2.00. The molecule has 0 bridgehead atoms. The Bertz CT molecular complexity index is 90.7. The zero-order valence-corrected chi connectivity index (χ0v) is 5.33. The van der Waals surface area contributed by atoms with Gasteiger partial charge in [-0.2, -0.15) is 0 Å². The van der Waals surface area contributed by atoms with E-state index in [0.717, 1.165) is 0 Å². The van der Waals surface area contributed by atoms with Crippen LogP contribution in [0.25, 0.3) is 0 Å². The molecule has 6 heteroatoms. The van der Waals surface area contributed by atoms with Gasteiger partial charge < -0.3 is 9.11 Å². The molecule has 0 aliphatic heterocycles. The fourth-order valence-electron chi connectivity index (χ4n) is 0. The van der Waals surface area contributed by atoms with Gasteiger partial charge in [-0.3, -0.25) is 8.42 Å². The van der Waals surface area contributed by atoms with Gasteiger partial charge in [-0.1, -0.05) is 0 Å². The van der Waals surface area contributed by atoms with Crippen LogP contribution in [-0.2, 0) is 32.8 Å². The third-order valence-corrected chi connectivity index (χ3v) is 0. The molecule has 0 saturated heterocycles. The summed E-state index contributed by atoms with van der Waals surface area (Å²) >= 11 is 0. The van der Waals surface area contributed by atoms with E-state index in [1.807, 2.05) is 0 Å². The Hall–Kier alpha value is 0.610. The van der Waals surface area contributed by atoms with Gasteiger partial charge in [0.1, 0.15) is 0 Å². The van der Waals surface area contributed by atoms with E-state index in [2.05, 4.69) is 0 Å². The minimum absolute atomic E-state index is 0. The SMILES string of the molecule is O=S(=O)([O-])[O-].[Au+2]. The maximum absolute atomic E-state index is 8.52. The average Bonchev–Trinajstić information content (AvgIpc) is 0.722. The van der Waals surface area contributed by atoms with Crippen LogP contribution >= 0.6 is 0 Å². The third kappa shape index (κ3) is 161. The predicted molar refractivity (Wildman–Crippen MR) is 10.5 cm³/mol. The molecule has 0 aromatic heterocycles. The van der Waals surface area contributed by atoms with Gasteiger partial charge in [0, 0.05) is 10.4 Å². The van der Waals surface area contributed by atoms with Crippen LogP contribution < -0.4 is 0 Å². The van der Waals surface area contributed by atoms with Crippen molar-refractivity contribution in [3.63, 3.8) is 0 Å². The van der Waals surface area contributed by atoms with Gasteiger partial charge in [-0.25, -0.2) is 0 Å². The summed E-state index contributed by atoms with van der Waals surface area (Å²) in [6, 6.07) is 0. The van der Waals surface area contributed by atoms with E-state index in [1.54, 1.807) is 0 Å². The summed E-state index contributed by atoms with van der Waals surface area (Å²) in [5.74, 6) is 0. The largest absolute Gasteiger partial charge is 2.00 e. The summed E-state index contributed by atoms with van der Waals surface area (Å²) in [7, 11) is -5.17. The van der Waals surface area contributed by atoms with Crippen molar-refractivity contribution in [3.8, 4) is 0 Å². The Morgan fingerprint density at radius 3 is 1.17 bits per heavy atom. The maximum Gasteiger partial charge on any atom is 2.00 e. The average molecular weight is 293 g/mol. The molecule has 1 radical (unpaired) electrons. The van der Waals surface area contributed by atoms with Crippen molar-refractivity contribution < 1.29 is 39.9 Å². The van der Waals surface area contributed by atoms with E-state index in [-0.39, 0.29) is 22.4 Å². The molecule has 0 heterocycles. The van der Waals surface area contributed by atoms with E-state index in [4.69, 9.17) is 17.5 Å². The van der Waals surface area contributed by atoms with Gasteiger partial charge >= 0.3 is 22.4 Å². The number of hydrogen-bond acceptors (Lipinski definition) is 4. The van der Waals surface area contributed by atoms with Crippen LogP contribution in [0.5, 0.6) is 0 Å². The van der Waals surface area contributed by atoms with Gasteiger partial charge in [0.25, 0.3) is 0 Å². The van der Waals surface area contributed by atoms with Crippen LogP contribution in [0.2, 0.25) is 0 Å². The summed E-state index contributed by atoms with van der Waals surface area (Å²) in [6.07, 6.45) is 0.